The van der Waals surface area contributed by atoms with Crippen molar-refractivity contribution in [2.45, 2.75) is 26.8 Å². The van der Waals surface area contributed by atoms with E-state index in [2.05, 4.69) is 4.99 Å². The van der Waals surface area contributed by atoms with Gasteiger partial charge in [0.25, 0.3) is 11.2 Å². The molecule has 9 nitrogen and oxygen atoms in total. The van der Waals surface area contributed by atoms with Crippen LogP contribution in [0.1, 0.15) is 36.8 Å². The van der Waals surface area contributed by atoms with Gasteiger partial charge in [-0.15, -0.1) is 0 Å². The van der Waals surface area contributed by atoms with E-state index in [1.807, 2.05) is 6.92 Å². The number of ether oxygens (including phenoxy) is 1. The summed E-state index contributed by atoms with van der Waals surface area (Å²) < 4.78 is 13.1. The lowest BCUT2D eigenvalue weighted by molar-refractivity contribution is -0.384. The van der Waals surface area contributed by atoms with Gasteiger partial charge in [0.2, 0.25) is 0 Å². The average Bonchev–Trinajstić information content (AvgIpc) is 3.48. The summed E-state index contributed by atoms with van der Waals surface area (Å²) in [5, 5.41) is 11.8. The average molecular weight is 564 g/mol. The predicted octanol–water partition coefficient (Wildman–Crippen LogP) is 4.93. The molecule has 0 radical (unpaired) electrons. The van der Waals surface area contributed by atoms with Crippen molar-refractivity contribution in [1.82, 2.24) is 4.57 Å². The zero-order chi connectivity index (χ0) is 27.8. The Kier molecular flexibility index (Phi) is 7.07. The standard InChI is InChI=1S/C28H22ClN3O6S/c1-4-37-27(34)24-16(3)30-28-31(25(24)17-6-8-18(29)9-7-17)26(33)23(39-28)14-20-11-12-22(38-20)21-13-19(32(35)36)10-5-15(21)2/h5-14,25H,4H2,1-3H3/b23-14-. The van der Waals surface area contributed by atoms with Gasteiger partial charge in [-0.3, -0.25) is 19.5 Å². The third kappa shape index (κ3) is 4.96. The van der Waals surface area contributed by atoms with Crippen LogP contribution in [0.25, 0.3) is 17.4 Å². The highest BCUT2D eigenvalue weighted by Crippen LogP contribution is 2.32. The molecule has 0 saturated heterocycles. The first-order valence-electron chi connectivity index (χ1n) is 12.0. The van der Waals surface area contributed by atoms with Crippen molar-refractivity contribution in [3.63, 3.8) is 0 Å². The molecule has 1 unspecified atom stereocenters. The smallest absolute Gasteiger partial charge is 0.338 e. The first-order chi connectivity index (χ1) is 18.7. The van der Waals surface area contributed by atoms with Gasteiger partial charge in [-0.05, 0) is 56.2 Å². The van der Waals surface area contributed by atoms with Crippen LogP contribution in [0.3, 0.4) is 0 Å². The van der Waals surface area contributed by atoms with Gasteiger partial charge in [-0.1, -0.05) is 41.1 Å². The second kappa shape index (κ2) is 10.5. The number of esters is 1. The number of carbonyl (C=O) groups excluding carboxylic acids is 1. The minimum absolute atomic E-state index is 0.0446. The van der Waals surface area contributed by atoms with Crippen molar-refractivity contribution in [3.8, 4) is 11.3 Å². The predicted molar refractivity (Wildman–Crippen MR) is 147 cm³/mol. The fraction of sp³-hybridized carbons (Fsp3) is 0.179. The molecule has 1 aliphatic rings. The van der Waals surface area contributed by atoms with Crippen molar-refractivity contribution in [2.75, 3.05) is 6.61 Å². The molecule has 4 aromatic rings. The van der Waals surface area contributed by atoms with Crippen LogP contribution in [0.2, 0.25) is 5.02 Å². The summed E-state index contributed by atoms with van der Waals surface area (Å²) >= 11 is 7.27. The molecular formula is C28H22ClN3O6S. The summed E-state index contributed by atoms with van der Waals surface area (Å²) in [6.07, 6.45) is 1.60. The number of hydrogen-bond acceptors (Lipinski definition) is 8. The van der Waals surface area contributed by atoms with Gasteiger partial charge in [0.15, 0.2) is 4.80 Å². The lowest BCUT2D eigenvalue weighted by Gasteiger charge is -2.24. The van der Waals surface area contributed by atoms with Crippen LogP contribution in [0.15, 0.2) is 80.1 Å². The van der Waals surface area contributed by atoms with Crippen molar-refractivity contribution in [2.24, 2.45) is 4.99 Å². The van der Waals surface area contributed by atoms with Gasteiger partial charge in [-0.2, -0.15) is 0 Å². The van der Waals surface area contributed by atoms with E-state index in [9.17, 15) is 19.7 Å². The number of furan rings is 1. The van der Waals surface area contributed by atoms with Gasteiger partial charge >= 0.3 is 5.97 Å². The summed E-state index contributed by atoms with van der Waals surface area (Å²) in [5.41, 5.74) is 2.43. The zero-order valence-electron chi connectivity index (χ0n) is 21.1. The molecule has 0 bridgehead atoms. The Morgan fingerprint density at radius 3 is 2.64 bits per heavy atom. The molecule has 2 aromatic carbocycles. The number of hydrogen-bond donors (Lipinski definition) is 0. The Morgan fingerprint density at radius 2 is 1.95 bits per heavy atom. The summed E-state index contributed by atoms with van der Waals surface area (Å²) in [5.74, 6) is 0.288. The zero-order valence-corrected chi connectivity index (χ0v) is 22.7. The van der Waals surface area contributed by atoms with Gasteiger partial charge in [0, 0.05) is 28.8 Å². The number of carbonyl (C=O) groups is 1. The van der Waals surface area contributed by atoms with Crippen LogP contribution in [0.4, 0.5) is 5.69 Å². The van der Waals surface area contributed by atoms with Crippen LogP contribution in [0, 0.1) is 17.0 Å². The van der Waals surface area contributed by atoms with Gasteiger partial charge in [-0.25, -0.2) is 9.79 Å². The molecule has 0 N–H and O–H groups in total. The van der Waals surface area contributed by atoms with E-state index < -0.39 is 16.9 Å². The number of thiazole rings is 1. The summed E-state index contributed by atoms with van der Waals surface area (Å²) in [4.78, 5) is 42.4. The van der Waals surface area contributed by atoms with E-state index in [1.165, 1.54) is 28.0 Å². The van der Waals surface area contributed by atoms with Crippen LogP contribution in [0.5, 0.6) is 0 Å². The number of allylic oxidation sites excluding steroid dienone is 1. The number of nitrogens with zero attached hydrogens (tertiary/aromatic N) is 3. The van der Waals surface area contributed by atoms with Gasteiger partial charge < -0.3 is 9.15 Å². The third-order valence-electron chi connectivity index (χ3n) is 6.30. The van der Waals surface area contributed by atoms with Gasteiger partial charge in [0.05, 0.1) is 33.4 Å². The van der Waals surface area contributed by atoms with E-state index in [-0.39, 0.29) is 23.4 Å². The Labute approximate surface area is 231 Å². The first kappa shape index (κ1) is 26.3. The molecule has 1 aliphatic heterocycles. The number of aromatic nitrogens is 1. The van der Waals surface area contributed by atoms with E-state index in [0.717, 1.165) is 5.56 Å². The van der Waals surface area contributed by atoms with Crippen LogP contribution >= 0.6 is 22.9 Å². The lowest BCUT2D eigenvalue weighted by atomic mass is 9.96. The molecule has 3 heterocycles. The summed E-state index contributed by atoms with van der Waals surface area (Å²) in [6.45, 7) is 5.44. The minimum Gasteiger partial charge on any atom is -0.463 e. The molecule has 1 atom stereocenters. The summed E-state index contributed by atoms with van der Waals surface area (Å²) in [7, 11) is 0. The summed E-state index contributed by atoms with van der Waals surface area (Å²) in [6, 6.07) is 14.1. The Bertz CT molecular complexity index is 1830. The maximum absolute atomic E-state index is 13.7. The minimum atomic E-state index is -0.751. The maximum Gasteiger partial charge on any atom is 0.338 e. The number of benzene rings is 2. The number of aryl methyl sites for hydroxylation is 1. The molecule has 5 rings (SSSR count). The highest BCUT2D eigenvalue weighted by Gasteiger charge is 2.33. The molecule has 0 saturated carbocycles. The van der Waals surface area contributed by atoms with Crippen LogP contribution < -0.4 is 14.9 Å². The normalized spacial score (nSPS) is 15.2. The van der Waals surface area contributed by atoms with Crippen molar-refractivity contribution >= 4 is 40.7 Å². The number of non-ortho nitro benzene ring substituents is 1. The van der Waals surface area contributed by atoms with Crippen molar-refractivity contribution in [3.05, 3.63) is 118 Å². The molecule has 0 spiro atoms. The maximum atomic E-state index is 13.7. The number of nitro groups is 1. The fourth-order valence-electron chi connectivity index (χ4n) is 4.45. The molecular weight excluding hydrogens is 542 g/mol. The second-order valence-corrected chi connectivity index (χ2v) is 10.3. The Balaban J connectivity index is 1.62. The molecule has 0 amide bonds. The molecule has 198 valence electrons. The molecule has 0 fully saturated rings. The lowest BCUT2D eigenvalue weighted by Crippen LogP contribution is -2.39. The highest BCUT2D eigenvalue weighted by atomic mass is 35.5. The Morgan fingerprint density at radius 1 is 1.21 bits per heavy atom. The van der Waals surface area contributed by atoms with E-state index >= 15 is 0 Å². The first-order valence-corrected chi connectivity index (χ1v) is 13.2. The molecule has 39 heavy (non-hydrogen) atoms. The highest BCUT2D eigenvalue weighted by molar-refractivity contribution is 7.07. The fourth-order valence-corrected chi connectivity index (χ4v) is 5.60. The van der Waals surface area contributed by atoms with E-state index in [0.29, 0.717) is 42.7 Å². The van der Waals surface area contributed by atoms with Crippen molar-refractivity contribution < 1.29 is 18.9 Å². The van der Waals surface area contributed by atoms with E-state index in [4.69, 9.17) is 20.8 Å². The topological polar surface area (TPSA) is 117 Å². The number of nitro benzene ring substituents is 1. The third-order valence-corrected chi connectivity index (χ3v) is 7.54. The molecule has 11 heteroatoms. The SMILES string of the molecule is CCOC(=O)C1=C(C)N=c2s/c(=C\c3ccc(-c4cc([N+](=O)[O-])ccc4C)o3)c(=O)n2C1c1ccc(Cl)cc1. The van der Waals surface area contributed by atoms with Crippen LogP contribution in [-0.4, -0.2) is 22.1 Å². The van der Waals surface area contributed by atoms with E-state index in [1.54, 1.807) is 62.4 Å². The second-order valence-electron chi connectivity index (χ2n) is 8.81. The quantitative estimate of drug-likeness (QED) is 0.186. The number of fused-ring (bicyclic) bond motifs is 1. The number of halogens is 1. The largest absolute Gasteiger partial charge is 0.463 e. The molecule has 0 aliphatic carbocycles. The Hall–Kier alpha value is -4.28. The monoisotopic (exact) mass is 563 g/mol. The van der Waals surface area contributed by atoms with Crippen molar-refractivity contribution in [1.29, 1.82) is 0 Å². The number of rotatable bonds is 6. The van der Waals surface area contributed by atoms with Gasteiger partial charge in [0.1, 0.15) is 11.5 Å². The molecule has 2 aromatic heterocycles. The van der Waals surface area contributed by atoms with Crippen LogP contribution in [-0.2, 0) is 9.53 Å².